The van der Waals surface area contributed by atoms with Crippen LogP contribution in [0, 0.1) is 0 Å². The summed E-state index contributed by atoms with van der Waals surface area (Å²) in [4.78, 5) is 9.81. The number of nitrogens with zero attached hydrogens (tertiary/aromatic N) is 3. The first-order valence-corrected chi connectivity index (χ1v) is 9.88. The molecule has 0 aromatic carbocycles. The van der Waals surface area contributed by atoms with Crippen LogP contribution in [0.3, 0.4) is 0 Å². The van der Waals surface area contributed by atoms with E-state index in [4.69, 9.17) is 9.73 Å². The molecular weight excluding hydrogens is 314 g/mol. The Labute approximate surface area is 155 Å². The average molecular weight is 356 g/mol. The number of aliphatic imine (C=N–C) groups is 1. The molecule has 1 heterocycles. The minimum absolute atomic E-state index is 0.0496. The van der Waals surface area contributed by atoms with Crippen LogP contribution in [0.1, 0.15) is 48.5 Å². The predicted octanol–water partition coefficient (Wildman–Crippen LogP) is 1.77. The van der Waals surface area contributed by atoms with Crippen LogP contribution in [0.15, 0.2) is 4.99 Å². The summed E-state index contributed by atoms with van der Waals surface area (Å²) in [5.41, 5.74) is 0.0496. The summed E-state index contributed by atoms with van der Waals surface area (Å²) in [6.07, 6.45) is 0. The highest BCUT2D eigenvalue weighted by Crippen LogP contribution is 2.16. The molecule has 0 bridgehead atoms. The van der Waals surface area contributed by atoms with Crippen molar-refractivity contribution in [2.45, 2.75) is 66.1 Å². The van der Waals surface area contributed by atoms with Crippen LogP contribution in [0.4, 0.5) is 0 Å². The van der Waals surface area contributed by atoms with E-state index in [2.05, 4.69) is 68.9 Å². The molecular formula is C19H41N5O. The highest BCUT2D eigenvalue weighted by Gasteiger charge is 2.28. The van der Waals surface area contributed by atoms with Gasteiger partial charge >= 0.3 is 0 Å². The molecule has 1 saturated heterocycles. The summed E-state index contributed by atoms with van der Waals surface area (Å²) < 4.78 is 5.47. The van der Waals surface area contributed by atoms with E-state index in [-0.39, 0.29) is 5.54 Å². The molecule has 1 fully saturated rings. The maximum absolute atomic E-state index is 5.47. The van der Waals surface area contributed by atoms with Gasteiger partial charge in [-0.2, -0.15) is 0 Å². The fourth-order valence-corrected chi connectivity index (χ4v) is 3.30. The Balaban J connectivity index is 2.55. The smallest absolute Gasteiger partial charge is 0.191 e. The van der Waals surface area contributed by atoms with E-state index in [9.17, 15) is 0 Å². The van der Waals surface area contributed by atoms with Gasteiger partial charge in [0.2, 0.25) is 0 Å². The second-order valence-corrected chi connectivity index (χ2v) is 7.96. The molecule has 0 aromatic heterocycles. The Hall–Kier alpha value is -0.850. The Morgan fingerprint density at radius 3 is 2.24 bits per heavy atom. The number of hydrogen-bond acceptors (Lipinski definition) is 4. The molecule has 1 aliphatic rings. The molecule has 0 radical (unpaired) electrons. The van der Waals surface area contributed by atoms with Crippen molar-refractivity contribution in [1.29, 1.82) is 0 Å². The van der Waals surface area contributed by atoms with Gasteiger partial charge in [-0.3, -0.25) is 14.8 Å². The van der Waals surface area contributed by atoms with Gasteiger partial charge in [0.1, 0.15) is 0 Å². The van der Waals surface area contributed by atoms with Crippen molar-refractivity contribution in [3.8, 4) is 0 Å². The maximum Gasteiger partial charge on any atom is 0.191 e. The van der Waals surface area contributed by atoms with E-state index in [1.165, 1.54) is 0 Å². The van der Waals surface area contributed by atoms with Gasteiger partial charge in [0, 0.05) is 50.3 Å². The lowest BCUT2D eigenvalue weighted by atomic mass is 10.0. The fourth-order valence-electron chi connectivity index (χ4n) is 3.30. The van der Waals surface area contributed by atoms with Crippen LogP contribution in [0.2, 0.25) is 0 Å². The van der Waals surface area contributed by atoms with E-state index in [1.54, 1.807) is 0 Å². The molecule has 0 amide bonds. The van der Waals surface area contributed by atoms with E-state index < -0.39 is 0 Å². The standard InChI is InChI=1S/C19H41N5O/c1-8-20-18(21-9-10-24(16(2)3)17(4)5)22-15-19(6,7)23-11-13-25-14-12-23/h16-17H,8-15H2,1-7H3,(H2,20,21,22). The van der Waals surface area contributed by atoms with Crippen LogP contribution in [0.5, 0.6) is 0 Å². The number of nitrogens with one attached hydrogen (secondary N) is 2. The van der Waals surface area contributed by atoms with Gasteiger partial charge < -0.3 is 15.4 Å². The van der Waals surface area contributed by atoms with Crippen molar-refractivity contribution in [2.24, 2.45) is 4.99 Å². The van der Waals surface area contributed by atoms with Crippen molar-refractivity contribution < 1.29 is 4.74 Å². The predicted molar refractivity (Wildman–Crippen MR) is 107 cm³/mol. The topological polar surface area (TPSA) is 52.1 Å². The monoisotopic (exact) mass is 355 g/mol. The summed E-state index contributed by atoms with van der Waals surface area (Å²) in [6, 6.07) is 1.11. The van der Waals surface area contributed by atoms with E-state index >= 15 is 0 Å². The van der Waals surface area contributed by atoms with Gasteiger partial charge in [0.25, 0.3) is 0 Å². The van der Waals surface area contributed by atoms with Gasteiger partial charge in [0.05, 0.1) is 19.8 Å². The molecule has 0 spiro atoms. The summed E-state index contributed by atoms with van der Waals surface area (Å²) in [5.74, 6) is 0.913. The molecule has 6 heteroatoms. The summed E-state index contributed by atoms with van der Waals surface area (Å²) >= 11 is 0. The van der Waals surface area contributed by atoms with Gasteiger partial charge in [-0.05, 0) is 48.5 Å². The molecule has 0 aliphatic carbocycles. The molecule has 1 aliphatic heterocycles. The molecule has 148 valence electrons. The molecule has 0 aromatic rings. The Morgan fingerprint density at radius 2 is 1.72 bits per heavy atom. The molecule has 6 nitrogen and oxygen atoms in total. The minimum atomic E-state index is 0.0496. The largest absolute Gasteiger partial charge is 0.379 e. The van der Waals surface area contributed by atoms with E-state index in [0.717, 1.165) is 58.4 Å². The maximum atomic E-state index is 5.47. The van der Waals surface area contributed by atoms with Crippen LogP contribution < -0.4 is 10.6 Å². The minimum Gasteiger partial charge on any atom is -0.379 e. The molecule has 1 rings (SSSR count). The quantitative estimate of drug-likeness (QED) is 0.488. The third-order valence-electron chi connectivity index (χ3n) is 4.82. The Bertz CT molecular complexity index is 381. The highest BCUT2D eigenvalue weighted by molar-refractivity contribution is 5.79. The number of hydrogen-bond donors (Lipinski definition) is 2. The van der Waals surface area contributed by atoms with Crippen LogP contribution in [-0.2, 0) is 4.74 Å². The van der Waals surface area contributed by atoms with Gasteiger partial charge in [0.15, 0.2) is 5.96 Å². The lowest BCUT2D eigenvalue weighted by Gasteiger charge is -2.40. The van der Waals surface area contributed by atoms with Gasteiger partial charge in [-0.1, -0.05) is 0 Å². The fraction of sp³-hybridized carbons (Fsp3) is 0.947. The normalized spacial score (nSPS) is 17.6. The lowest BCUT2D eigenvalue weighted by Crippen LogP contribution is -2.52. The van der Waals surface area contributed by atoms with Crippen LogP contribution >= 0.6 is 0 Å². The highest BCUT2D eigenvalue weighted by atomic mass is 16.5. The zero-order valence-corrected chi connectivity index (χ0v) is 17.6. The first-order valence-electron chi connectivity index (χ1n) is 9.88. The van der Waals surface area contributed by atoms with Crippen molar-refractivity contribution in [1.82, 2.24) is 20.4 Å². The number of ether oxygens (including phenoxy) is 1. The van der Waals surface area contributed by atoms with Crippen LogP contribution in [-0.4, -0.2) is 85.9 Å². The summed E-state index contributed by atoms with van der Waals surface area (Å²) in [5, 5.41) is 6.86. The van der Waals surface area contributed by atoms with E-state index in [0.29, 0.717) is 12.1 Å². The van der Waals surface area contributed by atoms with E-state index in [1.807, 2.05) is 0 Å². The lowest BCUT2D eigenvalue weighted by molar-refractivity contribution is -0.00683. The van der Waals surface area contributed by atoms with Crippen molar-refractivity contribution in [3.63, 3.8) is 0 Å². The van der Waals surface area contributed by atoms with Crippen molar-refractivity contribution in [2.75, 3.05) is 52.5 Å². The van der Waals surface area contributed by atoms with Crippen molar-refractivity contribution in [3.05, 3.63) is 0 Å². The first-order chi connectivity index (χ1) is 11.8. The third-order valence-corrected chi connectivity index (χ3v) is 4.82. The summed E-state index contributed by atoms with van der Waals surface area (Å²) in [7, 11) is 0. The molecule has 0 atom stereocenters. The Morgan fingerprint density at radius 1 is 1.12 bits per heavy atom. The first kappa shape index (κ1) is 22.2. The van der Waals surface area contributed by atoms with Crippen LogP contribution in [0.25, 0.3) is 0 Å². The zero-order chi connectivity index (χ0) is 18.9. The number of morpholine rings is 1. The molecule has 0 unspecified atom stereocenters. The number of rotatable bonds is 9. The van der Waals surface area contributed by atoms with Gasteiger partial charge in [-0.25, -0.2) is 0 Å². The molecule has 2 N–H and O–H groups in total. The SMILES string of the molecule is CCNC(=NCC(C)(C)N1CCOCC1)NCCN(C(C)C)C(C)C. The zero-order valence-electron chi connectivity index (χ0n) is 17.6. The third kappa shape index (κ3) is 7.92. The number of guanidine groups is 1. The molecule has 0 saturated carbocycles. The van der Waals surface area contributed by atoms with Crippen molar-refractivity contribution >= 4 is 5.96 Å². The average Bonchev–Trinajstić information content (AvgIpc) is 2.56. The second kappa shape index (κ2) is 11.0. The second-order valence-electron chi connectivity index (χ2n) is 7.96. The van der Waals surface area contributed by atoms with Gasteiger partial charge in [-0.15, -0.1) is 0 Å². The Kier molecular flexibility index (Phi) is 9.75. The molecule has 25 heavy (non-hydrogen) atoms. The summed E-state index contributed by atoms with van der Waals surface area (Å²) in [6.45, 7) is 22.9.